The Morgan fingerprint density at radius 1 is 1.26 bits per heavy atom. The van der Waals surface area contributed by atoms with Gasteiger partial charge in [0.05, 0.1) is 5.41 Å². The van der Waals surface area contributed by atoms with E-state index in [0.717, 1.165) is 32.4 Å². The summed E-state index contributed by atoms with van der Waals surface area (Å²) < 4.78 is 0. The molecule has 2 N–H and O–H groups in total. The van der Waals surface area contributed by atoms with E-state index in [1.165, 1.54) is 19.3 Å². The molecular formula is C16H30N2O. The van der Waals surface area contributed by atoms with E-state index < -0.39 is 0 Å². The van der Waals surface area contributed by atoms with Crippen molar-refractivity contribution in [1.29, 1.82) is 0 Å². The van der Waals surface area contributed by atoms with Crippen molar-refractivity contribution in [2.45, 2.75) is 59.3 Å². The molecule has 3 nitrogen and oxygen atoms in total. The Kier molecular flexibility index (Phi) is 4.24. The largest absolute Gasteiger partial charge is 0.342 e. The Balaban J connectivity index is 2.04. The van der Waals surface area contributed by atoms with Gasteiger partial charge in [0.2, 0.25) is 5.91 Å². The molecule has 0 aromatic heterocycles. The first-order valence-electron chi connectivity index (χ1n) is 7.88. The summed E-state index contributed by atoms with van der Waals surface area (Å²) in [5, 5.41) is 0. The highest BCUT2D eigenvalue weighted by molar-refractivity contribution is 5.83. The van der Waals surface area contributed by atoms with E-state index in [1.807, 2.05) is 0 Å². The van der Waals surface area contributed by atoms with Gasteiger partial charge in [-0.1, -0.05) is 40.0 Å². The molecule has 1 heterocycles. The molecule has 0 aromatic carbocycles. The number of nitrogens with zero attached hydrogens (tertiary/aromatic N) is 1. The maximum absolute atomic E-state index is 12.9. The van der Waals surface area contributed by atoms with Crippen LogP contribution in [0.2, 0.25) is 0 Å². The van der Waals surface area contributed by atoms with Crippen molar-refractivity contribution in [1.82, 2.24) is 4.90 Å². The summed E-state index contributed by atoms with van der Waals surface area (Å²) in [6, 6.07) is 0. The average molecular weight is 266 g/mol. The van der Waals surface area contributed by atoms with Crippen LogP contribution in [0.25, 0.3) is 0 Å². The summed E-state index contributed by atoms with van der Waals surface area (Å²) in [6.07, 6.45) is 6.74. The van der Waals surface area contributed by atoms with E-state index >= 15 is 0 Å². The predicted molar refractivity (Wildman–Crippen MR) is 78.7 cm³/mol. The average Bonchev–Trinajstić information content (AvgIpc) is 2.88. The highest BCUT2D eigenvalue weighted by atomic mass is 16.2. The lowest BCUT2D eigenvalue weighted by molar-refractivity contribution is -0.142. The number of likely N-dealkylation sites (tertiary alicyclic amines) is 1. The van der Waals surface area contributed by atoms with Crippen LogP contribution in [0.5, 0.6) is 0 Å². The molecule has 2 aliphatic rings. The number of carbonyl (C=O) groups excluding carboxylic acids is 1. The molecule has 0 spiro atoms. The molecule has 2 rings (SSSR count). The topological polar surface area (TPSA) is 46.3 Å². The van der Waals surface area contributed by atoms with Gasteiger partial charge in [-0.2, -0.15) is 0 Å². The summed E-state index contributed by atoms with van der Waals surface area (Å²) in [4.78, 5) is 15.0. The molecule has 2 fully saturated rings. The second-order valence-corrected chi connectivity index (χ2v) is 7.65. The van der Waals surface area contributed by atoms with Gasteiger partial charge in [-0.15, -0.1) is 0 Å². The van der Waals surface area contributed by atoms with Crippen molar-refractivity contribution in [3.8, 4) is 0 Å². The Bertz CT molecular complexity index is 326. The minimum Gasteiger partial charge on any atom is -0.342 e. The molecule has 1 saturated carbocycles. The van der Waals surface area contributed by atoms with E-state index in [0.29, 0.717) is 23.8 Å². The van der Waals surface area contributed by atoms with Gasteiger partial charge in [-0.05, 0) is 30.6 Å². The lowest BCUT2D eigenvalue weighted by atomic mass is 9.73. The van der Waals surface area contributed by atoms with Gasteiger partial charge in [-0.25, -0.2) is 0 Å². The minimum atomic E-state index is -0.231. The van der Waals surface area contributed by atoms with Crippen molar-refractivity contribution in [2.75, 3.05) is 19.6 Å². The minimum absolute atomic E-state index is 0.231. The summed E-state index contributed by atoms with van der Waals surface area (Å²) in [7, 11) is 0. The van der Waals surface area contributed by atoms with Crippen LogP contribution >= 0.6 is 0 Å². The standard InChI is InChI=1S/C16H30N2O/c1-15(2,3)13-7-10-18(11-13)14(19)16(12-17)8-5-4-6-9-16/h13H,4-12,17H2,1-3H3. The quantitative estimate of drug-likeness (QED) is 0.835. The van der Waals surface area contributed by atoms with Gasteiger partial charge in [0, 0.05) is 19.6 Å². The Hall–Kier alpha value is -0.570. The molecule has 0 bridgehead atoms. The first-order chi connectivity index (χ1) is 8.89. The maximum atomic E-state index is 12.9. The molecule has 0 radical (unpaired) electrons. The highest BCUT2D eigenvalue weighted by Crippen LogP contribution is 2.40. The molecule has 0 aromatic rings. The van der Waals surface area contributed by atoms with Crippen molar-refractivity contribution in [2.24, 2.45) is 22.5 Å². The third-order valence-electron chi connectivity index (χ3n) is 5.36. The van der Waals surface area contributed by atoms with Crippen molar-refractivity contribution >= 4 is 5.91 Å². The number of nitrogens with two attached hydrogens (primary N) is 1. The zero-order valence-corrected chi connectivity index (χ0v) is 12.9. The molecule has 1 aliphatic carbocycles. The molecule has 1 aliphatic heterocycles. The predicted octanol–water partition coefficient (Wildman–Crippen LogP) is 2.79. The molecule has 1 unspecified atom stereocenters. The monoisotopic (exact) mass is 266 g/mol. The maximum Gasteiger partial charge on any atom is 0.230 e. The smallest absolute Gasteiger partial charge is 0.230 e. The van der Waals surface area contributed by atoms with Gasteiger partial charge >= 0.3 is 0 Å². The van der Waals surface area contributed by atoms with Crippen LogP contribution in [0.3, 0.4) is 0 Å². The van der Waals surface area contributed by atoms with E-state index in [9.17, 15) is 4.79 Å². The second kappa shape index (κ2) is 5.43. The van der Waals surface area contributed by atoms with Crippen molar-refractivity contribution < 1.29 is 4.79 Å². The van der Waals surface area contributed by atoms with Gasteiger partial charge in [0.25, 0.3) is 0 Å². The summed E-state index contributed by atoms with van der Waals surface area (Å²) in [5.74, 6) is 0.983. The Labute approximate surface area is 117 Å². The normalized spacial score (nSPS) is 27.6. The molecule has 19 heavy (non-hydrogen) atoms. The molecule has 1 amide bonds. The van der Waals surface area contributed by atoms with Crippen molar-refractivity contribution in [3.63, 3.8) is 0 Å². The lowest BCUT2D eigenvalue weighted by Gasteiger charge is -2.38. The molecule has 1 saturated heterocycles. The summed E-state index contributed by atoms with van der Waals surface area (Å²) in [6.45, 7) is 9.25. The fraction of sp³-hybridized carbons (Fsp3) is 0.938. The summed E-state index contributed by atoms with van der Waals surface area (Å²) in [5.41, 5.74) is 6.05. The summed E-state index contributed by atoms with van der Waals surface area (Å²) >= 11 is 0. The highest BCUT2D eigenvalue weighted by Gasteiger charge is 2.43. The third-order valence-corrected chi connectivity index (χ3v) is 5.36. The zero-order valence-electron chi connectivity index (χ0n) is 12.9. The van der Waals surface area contributed by atoms with Crippen LogP contribution in [0.4, 0.5) is 0 Å². The zero-order chi connectivity index (χ0) is 14.1. The number of amides is 1. The first kappa shape index (κ1) is 14.8. The Morgan fingerprint density at radius 2 is 1.89 bits per heavy atom. The van der Waals surface area contributed by atoms with Crippen LogP contribution in [0.1, 0.15) is 59.3 Å². The van der Waals surface area contributed by atoms with Gasteiger partial charge in [0.15, 0.2) is 0 Å². The van der Waals surface area contributed by atoms with Crippen LogP contribution in [-0.2, 0) is 4.79 Å². The van der Waals surface area contributed by atoms with E-state index in [1.54, 1.807) is 0 Å². The number of hydrogen-bond acceptors (Lipinski definition) is 2. The fourth-order valence-corrected chi connectivity index (χ4v) is 3.72. The van der Waals surface area contributed by atoms with Crippen LogP contribution in [-0.4, -0.2) is 30.4 Å². The Morgan fingerprint density at radius 3 is 2.37 bits per heavy atom. The number of carbonyl (C=O) groups is 1. The molecule has 1 atom stereocenters. The number of hydrogen-bond donors (Lipinski definition) is 1. The van der Waals surface area contributed by atoms with Gasteiger partial charge < -0.3 is 10.6 Å². The third kappa shape index (κ3) is 2.96. The molecule has 110 valence electrons. The molecule has 3 heteroatoms. The number of rotatable bonds is 2. The molecular weight excluding hydrogens is 236 g/mol. The second-order valence-electron chi connectivity index (χ2n) is 7.65. The SMILES string of the molecule is CC(C)(C)C1CCN(C(=O)C2(CN)CCCCC2)C1. The van der Waals surface area contributed by atoms with Crippen LogP contribution in [0.15, 0.2) is 0 Å². The van der Waals surface area contributed by atoms with E-state index in [2.05, 4.69) is 25.7 Å². The van der Waals surface area contributed by atoms with Crippen LogP contribution < -0.4 is 5.73 Å². The lowest BCUT2D eigenvalue weighted by Crippen LogP contribution is -2.48. The van der Waals surface area contributed by atoms with Crippen molar-refractivity contribution in [3.05, 3.63) is 0 Å². The van der Waals surface area contributed by atoms with E-state index in [-0.39, 0.29) is 5.41 Å². The van der Waals surface area contributed by atoms with Gasteiger partial charge in [-0.3, -0.25) is 4.79 Å². The first-order valence-corrected chi connectivity index (χ1v) is 7.88. The fourth-order valence-electron chi connectivity index (χ4n) is 3.72. The van der Waals surface area contributed by atoms with Crippen LogP contribution in [0, 0.1) is 16.7 Å². The van der Waals surface area contributed by atoms with E-state index in [4.69, 9.17) is 5.73 Å². The van der Waals surface area contributed by atoms with Gasteiger partial charge in [0.1, 0.15) is 0 Å².